The Hall–Kier alpha value is -1.08. The summed E-state index contributed by atoms with van der Waals surface area (Å²) >= 11 is 0. The molecule has 5 fully saturated rings. The van der Waals surface area contributed by atoms with Crippen LogP contribution >= 0.6 is 0 Å². The van der Waals surface area contributed by atoms with Crippen molar-refractivity contribution in [3.8, 4) is 6.07 Å². The zero-order valence-electron chi connectivity index (χ0n) is 12.6. The number of nitrogens with zero attached hydrogens (tertiary/aromatic N) is 2. The van der Waals surface area contributed by atoms with Crippen molar-refractivity contribution >= 4 is 5.91 Å². The third-order valence-electron chi connectivity index (χ3n) is 6.70. The maximum absolute atomic E-state index is 12.9. The largest absolute Gasteiger partial charge is 0.325 e. The van der Waals surface area contributed by atoms with Gasteiger partial charge in [-0.05, 0) is 74.5 Å². The van der Waals surface area contributed by atoms with Crippen LogP contribution in [0.1, 0.15) is 51.4 Å². The second kappa shape index (κ2) is 4.71. The summed E-state index contributed by atoms with van der Waals surface area (Å²) in [5.41, 5.74) is 6.56. The zero-order chi connectivity index (χ0) is 14.6. The molecule has 114 valence electrons. The minimum absolute atomic E-state index is 0.0500. The summed E-state index contributed by atoms with van der Waals surface area (Å²) in [6, 6.07) is 1.66. The van der Waals surface area contributed by atoms with Crippen LogP contribution in [-0.4, -0.2) is 29.4 Å². The molecule has 0 aromatic carbocycles. The highest BCUT2D eigenvalue weighted by atomic mass is 16.2. The summed E-state index contributed by atoms with van der Waals surface area (Å²) in [6.45, 7) is 0.719. The molecule has 1 saturated heterocycles. The van der Waals surface area contributed by atoms with E-state index in [9.17, 15) is 10.1 Å². The van der Waals surface area contributed by atoms with E-state index in [2.05, 4.69) is 6.07 Å². The quantitative estimate of drug-likeness (QED) is 0.845. The molecule has 5 rings (SSSR count). The van der Waals surface area contributed by atoms with Crippen LogP contribution in [0.5, 0.6) is 0 Å². The smallest absolute Gasteiger partial charge is 0.241 e. The first-order valence-corrected chi connectivity index (χ1v) is 8.57. The number of nitriles is 1. The number of amides is 1. The van der Waals surface area contributed by atoms with Crippen molar-refractivity contribution in [1.82, 2.24) is 4.90 Å². The second-order valence-corrected chi connectivity index (χ2v) is 8.08. The van der Waals surface area contributed by atoms with Gasteiger partial charge >= 0.3 is 0 Å². The van der Waals surface area contributed by atoms with Gasteiger partial charge in [-0.25, -0.2) is 0 Å². The van der Waals surface area contributed by atoms with Gasteiger partial charge in [-0.3, -0.25) is 4.79 Å². The van der Waals surface area contributed by atoms with Gasteiger partial charge in [0, 0.05) is 6.54 Å². The number of carbonyl (C=O) groups is 1. The Morgan fingerprint density at radius 2 is 1.76 bits per heavy atom. The molecule has 0 radical (unpaired) electrons. The van der Waals surface area contributed by atoms with E-state index in [0.29, 0.717) is 0 Å². The third kappa shape index (κ3) is 2.01. The van der Waals surface area contributed by atoms with Crippen molar-refractivity contribution in [1.29, 1.82) is 5.26 Å². The van der Waals surface area contributed by atoms with Gasteiger partial charge < -0.3 is 10.6 Å². The van der Waals surface area contributed by atoms with Crippen molar-refractivity contribution in [2.75, 3.05) is 6.54 Å². The molecule has 21 heavy (non-hydrogen) atoms. The number of likely N-dealkylation sites (tertiary alicyclic amines) is 1. The first kappa shape index (κ1) is 13.6. The Morgan fingerprint density at radius 1 is 1.19 bits per heavy atom. The normalized spacial score (nSPS) is 45.6. The van der Waals surface area contributed by atoms with Crippen LogP contribution in [0.15, 0.2) is 0 Å². The van der Waals surface area contributed by atoms with E-state index < -0.39 is 0 Å². The number of carbonyl (C=O) groups excluding carboxylic acids is 1. The van der Waals surface area contributed by atoms with Gasteiger partial charge in [-0.15, -0.1) is 0 Å². The minimum atomic E-state index is -0.375. The Kier molecular flexibility index (Phi) is 3.04. The van der Waals surface area contributed by atoms with Gasteiger partial charge in [0.05, 0.1) is 12.1 Å². The van der Waals surface area contributed by atoms with E-state index in [1.54, 1.807) is 4.90 Å². The lowest BCUT2D eigenvalue weighted by Gasteiger charge is -2.58. The molecule has 2 N–H and O–H groups in total. The average molecular weight is 287 g/mol. The first-order chi connectivity index (χ1) is 10.1. The molecule has 2 atom stereocenters. The maximum Gasteiger partial charge on any atom is 0.241 e. The Labute approximate surface area is 126 Å². The zero-order valence-corrected chi connectivity index (χ0v) is 12.6. The lowest BCUT2D eigenvalue weighted by atomic mass is 9.47. The third-order valence-corrected chi connectivity index (χ3v) is 6.70. The fourth-order valence-electron chi connectivity index (χ4n) is 6.16. The van der Waals surface area contributed by atoms with E-state index in [1.807, 2.05) is 0 Å². The van der Waals surface area contributed by atoms with E-state index in [4.69, 9.17) is 5.73 Å². The lowest BCUT2D eigenvalue weighted by Crippen LogP contribution is -2.60. The number of rotatable bonds is 2. The molecule has 4 heteroatoms. The van der Waals surface area contributed by atoms with Crippen LogP contribution < -0.4 is 5.73 Å². The topological polar surface area (TPSA) is 70.1 Å². The highest BCUT2D eigenvalue weighted by Gasteiger charge is 2.55. The van der Waals surface area contributed by atoms with Gasteiger partial charge in [-0.2, -0.15) is 5.26 Å². The van der Waals surface area contributed by atoms with Crippen LogP contribution in [0.4, 0.5) is 0 Å². The lowest BCUT2D eigenvalue weighted by molar-refractivity contribution is -0.143. The molecule has 0 aromatic heterocycles. The highest BCUT2D eigenvalue weighted by Crippen LogP contribution is 2.61. The van der Waals surface area contributed by atoms with Gasteiger partial charge in [-0.1, -0.05) is 0 Å². The van der Waals surface area contributed by atoms with E-state index >= 15 is 0 Å². The molecule has 4 nitrogen and oxygen atoms in total. The van der Waals surface area contributed by atoms with Crippen LogP contribution in [0.25, 0.3) is 0 Å². The molecule has 4 aliphatic carbocycles. The second-order valence-electron chi connectivity index (χ2n) is 8.08. The summed E-state index contributed by atoms with van der Waals surface area (Å²) in [5.74, 6) is 2.47. The molecular formula is C17H25N3O. The summed E-state index contributed by atoms with van der Waals surface area (Å²) < 4.78 is 0. The summed E-state index contributed by atoms with van der Waals surface area (Å²) in [7, 11) is 0. The fourth-order valence-corrected chi connectivity index (χ4v) is 6.16. The van der Waals surface area contributed by atoms with E-state index in [-0.39, 0.29) is 23.4 Å². The van der Waals surface area contributed by atoms with Gasteiger partial charge in [0.25, 0.3) is 0 Å². The Bertz CT molecular complexity index is 459. The predicted molar refractivity (Wildman–Crippen MR) is 78.9 cm³/mol. The van der Waals surface area contributed by atoms with Crippen molar-refractivity contribution in [2.24, 2.45) is 28.9 Å². The summed E-state index contributed by atoms with van der Waals surface area (Å²) in [6.07, 6.45) is 9.30. The van der Waals surface area contributed by atoms with Gasteiger partial charge in [0.2, 0.25) is 5.91 Å². The van der Waals surface area contributed by atoms with E-state index in [0.717, 1.165) is 56.4 Å². The Balaban J connectivity index is 1.56. The molecular weight excluding hydrogens is 262 g/mol. The number of nitrogens with two attached hydrogens (primary N) is 1. The van der Waals surface area contributed by atoms with E-state index in [1.165, 1.54) is 19.3 Å². The van der Waals surface area contributed by atoms with Crippen LogP contribution in [0.3, 0.4) is 0 Å². The molecule has 1 amide bonds. The van der Waals surface area contributed by atoms with Crippen LogP contribution in [-0.2, 0) is 4.79 Å². The average Bonchev–Trinajstić information content (AvgIpc) is 2.92. The molecule has 0 aromatic rings. The molecule has 0 spiro atoms. The van der Waals surface area contributed by atoms with Gasteiger partial charge in [0.15, 0.2) is 0 Å². The molecule has 4 saturated carbocycles. The van der Waals surface area contributed by atoms with Crippen molar-refractivity contribution in [2.45, 2.75) is 63.5 Å². The predicted octanol–water partition coefficient (Wildman–Crippen LogP) is 2.04. The van der Waals surface area contributed by atoms with Crippen molar-refractivity contribution in [3.05, 3.63) is 0 Å². The van der Waals surface area contributed by atoms with Gasteiger partial charge in [0.1, 0.15) is 6.04 Å². The molecule has 4 bridgehead atoms. The summed E-state index contributed by atoms with van der Waals surface area (Å²) in [5, 5.41) is 9.22. The standard InChI is InChI=1S/C17H25N3O/c18-10-14-2-1-3-20(14)16(21)15(19)17-7-11-4-12(8-17)6-13(5-11)9-17/h11-15H,1-9,19H2. The maximum atomic E-state index is 12.9. The number of hydrogen-bond acceptors (Lipinski definition) is 3. The highest BCUT2D eigenvalue weighted by molar-refractivity contribution is 5.83. The van der Waals surface area contributed by atoms with Crippen LogP contribution in [0, 0.1) is 34.5 Å². The SMILES string of the molecule is N#CC1CCCN1C(=O)C(N)C12CC3CC(CC(C3)C1)C2. The summed E-state index contributed by atoms with van der Waals surface area (Å²) in [4.78, 5) is 14.6. The minimum Gasteiger partial charge on any atom is -0.325 e. The molecule has 1 heterocycles. The van der Waals surface area contributed by atoms with Crippen molar-refractivity contribution < 1.29 is 4.79 Å². The number of hydrogen-bond donors (Lipinski definition) is 1. The molecule has 5 aliphatic rings. The van der Waals surface area contributed by atoms with Crippen LogP contribution in [0.2, 0.25) is 0 Å². The monoisotopic (exact) mass is 287 g/mol. The molecule has 1 aliphatic heterocycles. The fraction of sp³-hybridized carbons (Fsp3) is 0.882. The first-order valence-electron chi connectivity index (χ1n) is 8.57. The van der Waals surface area contributed by atoms with Crippen molar-refractivity contribution in [3.63, 3.8) is 0 Å². The molecule has 2 unspecified atom stereocenters. The Morgan fingerprint density at radius 3 is 2.29 bits per heavy atom.